The van der Waals surface area contributed by atoms with E-state index in [0.29, 0.717) is 18.9 Å². The number of aliphatic hydroxyl groups excluding tert-OH is 1. The molecular formula is C21H27NO3. The number of carbonyl (C=O) groups excluding carboxylic acids is 1. The summed E-state index contributed by atoms with van der Waals surface area (Å²) in [5.41, 5.74) is 0.688. The molecule has 1 aromatic rings. The summed E-state index contributed by atoms with van der Waals surface area (Å²) in [6.07, 6.45) is 10.7. The Hall–Kier alpha value is -2.07. The Labute approximate surface area is 149 Å². The summed E-state index contributed by atoms with van der Waals surface area (Å²) in [5, 5.41) is 9.22. The SMILES string of the molecule is COc1ccc(CN2C(=O)C(C)(CCCO)CC3C=CC=CC32)cc1. The third-order valence-electron chi connectivity index (χ3n) is 5.44. The van der Waals surface area contributed by atoms with E-state index < -0.39 is 5.41 Å². The van der Waals surface area contributed by atoms with Crippen LogP contribution in [-0.2, 0) is 11.3 Å². The van der Waals surface area contributed by atoms with Crippen LogP contribution >= 0.6 is 0 Å². The van der Waals surface area contributed by atoms with Crippen molar-refractivity contribution in [3.05, 3.63) is 54.1 Å². The second kappa shape index (κ2) is 7.44. The highest BCUT2D eigenvalue weighted by Gasteiger charge is 2.46. The standard InChI is InChI=1S/C21H27NO3/c1-21(12-5-13-23)14-17-6-3-4-7-19(17)22(20(21)24)15-16-8-10-18(25-2)11-9-16/h3-4,6-11,17,19,23H,5,12-15H2,1-2H3. The smallest absolute Gasteiger partial charge is 0.229 e. The Balaban J connectivity index is 1.85. The number of piperidine rings is 1. The summed E-state index contributed by atoms with van der Waals surface area (Å²) in [5.74, 6) is 1.35. The van der Waals surface area contributed by atoms with Crippen LogP contribution in [0.2, 0.25) is 0 Å². The number of hydrogen-bond donors (Lipinski definition) is 1. The topological polar surface area (TPSA) is 49.8 Å². The van der Waals surface area contributed by atoms with E-state index in [1.807, 2.05) is 42.2 Å². The lowest BCUT2D eigenvalue weighted by atomic mass is 9.69. The van der Waals surface area contributed by atoms with Gasteiger partial charge in [-0.1, -0.05) is 43.4 Å². The van der Waals surface area contributed by atoms with Gasteiger partial charge >= 0.3 is 0 Å². The van der Waals surface area contributed by atoms with Gasteiger partial charge < -0.3 is 14.7 Å². The average Bonchev–Trinajstić information content (AvgIpc) is 2.64. The highest BCUT2D eigenvalue weighted by Crippen LogP contribution is 2.43. The van der Waals surface area contributed by atoms with E-state index in [9.17, 15) is 9.90 Å². The summed E-state index contributed by atoms with van der Waals surface area (Å²) in [6.45, 7) is 2.77. The number of nitrogens with zero attached hydrogens (tertiary/aromatic N) is 1. The lowest BCUT2D eigenvalue weighted by Crippen LogP contribution is -2.55. The molecule has 2 aliphatic rings. The maximum Gasteiger partial charge on any atom is 0.229 e. The molecule has 1 aliphatic carbocycles. The molecule has 1 aliphatic heterocycles. The van der Waals surface area contributed by atoms with Crippen molar-refractivity contribution in [2.45, 2.75) is 38.8 Å². The first-order valence-electron chi connectivity index (χ1n) is 8.97. The number of amides is 1. The van der Waals surface area contributed by atoms with Crippen LogP contribution in [0.3, 0.4) is 0 Å². The lowest BCUT2D eigenvalue weighted by Gasteiger charge is -2.48. The fourth-order valence-electron chi connectivity index (χ4n) is 4.04. The highest BCUT2D eigenvalue weighted by atomic mass is 16.5. The number of hydrogen-bond acceptors (Lipinski definition) is 3. The van der Waals surface area contributed by atoms with Crippen LogP contribution in [0.5, 0.6) is 5.75 Å². The molecule has 0 radical (unpaired) electrons. The van der Waals surface area contributed by atoms with E-state index in [-0.39, 0.29) is 18.6 Å². The van der Waals surface area contributed by atoms with Crippen molar-refractivity contribution in [3.63, 3.8) is 0 Å². The first-order valence-corrected chi connectivity index (χ1v) is 8.97. The Morgan fingerprint density at radius 3 is 2.64 bits per heavy atom. The Morgan fingerprint density at radius 2 is 1.96 bits per heavy atom. The van der Waals surface area contributed by atoms with Gasteiger partial charge in [-0.05, 0) is 37.0 Å². The van der Waals surface area contributed by atoms with E-state index >= 15 is 0 Å². The van der Waals surface area contributed by atoms with Crippen molar-refractivity contribution in [2.24, 2.45) is 11.3 Å². The molecule has 3 atom stereocenters. The second-order valence-electron chi connectivity index (χ2n) is 7.30. The number of fused-ring (bicyclic) bond motifs is 1. The van der Waals surface area contributed by atoms with Crippen LogP contribution in [0.15, 0.2) is 48.6 Å². The van der Waals surface area contributed by atoms with Crippen LogP contribution in [0.25, 0.3) is 0 Å². The maximum absolute atomic E-state index is 13.3. The number of likely N-dealkylation sites (tertiary alicyclic amines) is 1. The van der Waals surface area contributed by atoms with E-state index in [0.717, 1.165) is 24.2 Å². The highest BCUT2D eigenvalue weighted by molar-refractivity contribution is 5.84. The Kier molecular flexibility index (Phi) is 5.28. The molecule has 4 heteroatoms. The van der Waals surface area contributed by atoms with Crippen LogP contribution in [0.4, 0.5) is 0 Å². The van der Waals surface area contributed by atoms with Crippen LogP contribution in [0.1, 0.15) is 31.7 Å². The number of methoxy groups -OCH3 is 1. The van der Waals surface area contributed by atoms with E-state index in [1.54, 1.807) is 7.11 Å². The molecule has 0 saturated carbocycles. The fraction of sp³-hybridized carbons (Fsp3) is 0.476. The van der Waals surface area contributed by atoms with Crippen LogP contribution in [-0.4, -0.2) is 35.7 Å². The molecule has 1 aromatic carbocycles. The zero-order valence-corrected chi connectivity index (χ0v) is 15.0. The van der Waals surface area contributed by atoms with Gasteiger partial charge in [0.2, 0.25) is 5.91 Å². The van der Waals surface area contributed by atoms with Crippen molar-refractivity contribution in [1.29, 1.82) is 0 Å². The number of carbonyl (C=O) groups is 1. The Morgan fingerprint density at radius 1 is 1.24 bits per heavy atom. The van der Waals surface area contributed by atoms with Gasteiger partial charge in [0.1, 0.15) is 5.75 Å². The van der Waals surface area contributed by atoms with Crippen molar-refractivity contribution < 1.29 is 14.6 Å². The minimum Gasteiger partial charge on any atom is -0.497 e. The first kappa shape index (κ1) is 17.7. The van der Waals surface area contributed by atoms with Crippen LogP contribution < -0.4 is 4.74 Å². The molecule has 1 N–H and O–H groups in total. The number of aliphatic hydroxyl groups is 1. The first-order chi connectivity index (χ1) is 12.1. The number of benzene rings is 1. The quantitative estimate of drug-likeness (QED) is 0.863. The third-order valence-corrected chi connectivity index (χ3v) is 5.44. The van der Waals surface area contributed by atoms with Gasteiger partial charge in [-0.25, -0.2) is 0 Å². The van der Waals surface area contributed by atoms with E-state index in [1.165, 1.54) is 0 Å². The maximum atomic E-state index is 13.3. The molecule has 3 unspecified atom stereocenters. The van der Waals surface area contributed by atoms with Crippen LogP contribution in [0, 0.1) is 11.3 Å². The summed E-state index contributed by atoms with van der Waals surface area (Å²) >= 11 is 0. The van der Waals surface area contributed by atoms with Gasteiger partial charge in [-0.3, -0.25) is 4.79 Å². The zero-order valence-electron chi connectivity index (χ0n) is 15.0. The number of rotatable bonds is 6. The molecule has 1 saturated heterocycles. The Bertz CT molecular complexity index is 664. The normalized spacial score (nSPS) is 28.1. The predicted octanol–water partition coefficient (Wildman–Crippen LogP) is 3.32. The monoisotopic (exact) mass is 341 g/mol. The number of ether oxygens (including phenoxy) is 1. The molecule has 1 fully saturated rings. The predicted molar refractivity (Wildman–Crippen MR) is 98.1 cm³/mol. The molecule has 1 amide bonds. The van der Waals surface area contributed by atoms with Gasteiger partial charge in [0, 0.05) is 24.5 Å². The van der Waals surface area contributed by atoms with Gasteiger partial charge in [-0.15, -0.1) is 0 Å². The zero-order chi connectivity index (χ0) is 17.9. The summed E-state index contributed by atoms with van der Waals surface area (Å²) in [7, 11) is 1.65. The molecule has 0 spiro atoms. The summed E-state index contributed by atoms with van der Waals surface area (Å²) in [4.78, 5) is 15.3. The van der Waals surface area contributed by atoms with Gasteiger partial charge in [0.15, 0.2) is 0 Å². The van der Waals surface area contributed by atoms with Crippen molar-refractivity contribution in [1.82, 2.24) is 4.90 Å². The summed E-state index contributed by atoms with van der Waals surface area (Å²) in [6, 6.07) is 8.01. The summed E-state index contributed by atoms with van der Waals surface area (Å²) < 4.78 is 5.22. The number of allylic oxidation sites excluding steroid dienone is 2. The molecule has 1 heterocycles. The molecule has 134 valence electrons. The fourth-order valence-corrected chi connectivity index (χ4v) is 4.04. The lowest BCUT2D eigenvalue weighted by molar-refractivity contribution is -0.151. The minimum absolute atomic E-state index is 0.113. The third kappa shape index (κ3) is 3.64. The average molecular weight is 341 g/mol. The molecular weight excluding hydrogens is 314 g/mol. The van der Waals surface area contributed by atoms with Crippen molar-refractivity contribution in [3.8, 4) is 5.75 Å². The molecule has 4 nitrogen and oxygen atoms in total. The van der Waals surface area contributed by atoms with Gasteiger partial charge in [0.25, 0.3) is 0 Å². The van der Waals surface area contributed by atoms with Crippen molar-refractivity contribution in [2.75, 3.05) is 13.7 Å². The molecule has 0 aromatic heterocycles. The largest absolute Gasteiger partial charge is 0.497 e. The van der Waals surface area contributed by atoms with Gasteiger partial charge in [-0.2, -0.15) is 0 Å². The van der Waals surface area contributed by atoms with E-state index in [2.05, 4.69) is 18.2 Å². The van der Waals surface area contributed by atoms with E-state index in [4.69, 9.17) is 4.74 Å². The van der Waals surface area contributed by atoms with Gasteiger partial charge in [0.05, 0.1) is 13.2 Å². The molecule has 0 bridgehead atoms. The second-order valence-corrected chi connectivity index (χ2v) is 7.30. The minimum atomic E-state index is -0.411. The molecule has 25 heavy (non-hydrogen) atoms. The molecule has 3 rings (SSSR count). The van der Waals surface area contributed by atoms with Crippen molar-refractivity contribution >= 4 is 5.91 Å².